The van der Waals surface area contributed by atoms with E-state index >= 15 is 0 Å². The normalized spacial score (nSPS) is 27.8. The molecule has 106 valence electrons. The molecular formula is C18H23NO. The lowest BCUT2D eigenvalue weighted by atomic mass is 9.71. The first-order valence-electron chi connectivity index (χ1n) is 7.69. The van der Waals surface area contributed by atoms with Crippen molar-refractivity contribution in [1.82, 2.24) is 4.90 Å². The number of benzene rings is 1. The van der Waals surface area contributed by atoms with E-state index in [0.717, 1.165) is 12.8 Å². The number of amides is 1. The van der Waals surface area contributed by atoms with Crippen LogP contribution in [0.4, 0.5) is 0 Å². The van der Waals surface area contributed by atoms with Crippen LogP contribution in [0.3, 0.4) is 0 Å². The van der Waals surface area contributed by atoms with Crippen LogP contribution in [0.25, 0.3) is 0 Å². The van der Waals surface area contributed by atoms with E-state index in [2.05, 4.69) is 49.1 Å². The highest BCUT2D eigenvalue weighted by Crippen LogP contribution is 2.48. The molecule has 1 unspecified atom stereocenters. The first-order chi connectivity index (χ1) is 9.62. The van der Waals surface area contributed by atoms with Gasteiger partial charge in [0.05, 0.1) is 6.04 Å². The Hall–Kier alpha value is -1.57. The molecule has 20 heavy (non-hydrogen) atoms. The van der Waals surface area contributed by atoms with Crippen molar-refractivity contribution in [1.29, 1.82) is 0 Å². The summed E-state index contributed by atoms with van der Waals surface area (Å²) in [4.78, 5) is 14.6. The maximum Gasteiger partial charge on any atom is 0.227 e. The number of fused-ring (bicyclic) bond motifs is 1. The van der Waals surface area contributed by atoms with Crippen LogP contribution in [0.1, 0.15) is 57.6 Å². The molecule has 2 nitrogen and oxygen atoms in total. The summed E-state index contributed by atoms with van der Waals surface area (Å²) >= 11 is 0. The Balaban J connectivity index is 1.97. The lowest BCUT2D eigenvalue weighted by molar-refractivity contribution is -0.135. The van der Waals surface area contributed by atoms with Crippen molar-refractivity contribution in [3.63, 3.8) is 0 Å². The van der Waals surface area contributed by atoms with Crippen LogP contribution >= 0.6 is 0 Å². The van der Waals surface area contributed by atoms with Crippen molar-refractivity contribution in [3.05, 3.63) is 47.7 Å². The van der Waals surface area contributed by atoms with Gasteiger partial charge in [-0.1, -0.05) is 43.3 Å². The average molecular weight is 269 g/mol. The second-order valence-electron chi connectivity index (χ2n) is 6.39. The van der Waals surface area contributed by atoms with E-state index < -0.39 is 0 Å². The smallest absolute Gasteiger partial charge is 0.227 e. The highest BCUT2D eigenvalue weighted by Gasteiger charge is 2.42. The zero-order valence-corrected chi connectivity index (χ0v) is 12.4. The Kier molecular flexibility index (Phi) is 3.41. The van der Waals surface area contributed by atoms with Gasteiger partial charge in [-0.15, -0.1) is 0 Å². The zero-order valence-electron chi connectivity index (χ0n) is 12.4. The number of rotatable bonds is 2. The molecule has 0 spiro atoms. The number of nitrogens with zero attached hydrogens (tertiary/aromatic N) is 1. The first-order valence-corrected chi connectivity index (χ1v) is 7.69. The molecule has 2 atom stereocenters. The van der Waals surface area contributed by atoms with Gasteiger partial charge in [-0.05, 0) is 38.2 Å². The second kappa shape index (κ2) is 5.08. The molecule has 2 aliphatic rings. The third kappa shape index (κ3) is 2.17. The van der Waals surface area contributed by atoms with Crippen LogP contribution in [-0.4, -0.2) is 10.8 Å². The number of hydrogen-bond acceptors (Lipinski definition) is 1. The lowest BCUT2D eigenvalue weighted by Gasteiger charge is -2.47. The fourth-order valence-electron chi connectivity index (χ4n) is 3.69. The zero-order chi connectivity index (χ0) is 14.2. The molecule has 0 saturated carbocycles. The van der Waals surface area contributed by atoms with E-state index in [9.17, 15) is 4.79 Å². The van der Waals surface area contributed by atoms with Crippen molar-refractivity contribution < 1.29 is 4.79 Å². The molecule has 0 aromatic heterocycles. The van der Waals surface area contributed by atoms with Gasteiger partial charge >= 0.3 is 0 Å². The Morgan fingerprint density at radius 1 is 1.20 bits per heavy atom. The summed E-state index contributed by atoms with van der Waals surface area (Å²) in [5.41, 5.74) is 2.70. The summed E-state index contributed by atoms with van der Waals surface area (Å²) in [5.74, 6) is 0.284. The minimum Gasteiger partial charge on any atom is -0.309 e. The Labute approximate surface area is 121 Å². The quantitative estimate of drug-likeness (QED) is 0.777. The minimum absolute atomic E-state index is 0.132. The highest BCUT2D eigenvalue weighted by molar-refractivity contribution is 5.80. The highest BCUT2D eigenvalue weighted by atomic mass is 16.2. The van der Waals surface area contributed by atoms with Crippen LogP contribution in [0.15, 0.2) is 42.1 Å². The van der Waals surface area contributed by atoms with E-state index in [1.807, 2.05) is 6.07 Å². The summed E-state index contributed by atoms with van der Waals surface area (Å²) < 4.78 is 0. The monoisotopic (exact) mass is 269 g/mol. The van der Waals surface area contributed by atoms with Gasteiger partial charge in [0.2, 0.25) is 5.91 Å². The van der Waals surface area contributed by atoms with E-state index in [-0.39, 0.29) is 17.4 Å². The van der Waals surface area contributed by atoms with Gasteiger partial charge in [0.25, 0.3) is 0 Å². The summed E-state index contributed by atoms with van der Waals surface area (Å²) in [6.45, 7) is 4.48. The summed E-state index contributed by atoms with van der Waals surface area (Å²) in [5, 5.41) is 0. The molecule has 1 aliphatic heterocycles. The van der Waals surface area contributed by atoms with Gasteiger partial charge in [0.1, 0.15) is 0 Å². The maximum absolute atomic E-state index is 12.5. The van der Waals surface area contributed by atoms with Gasteiger partial charge in [-0.25, -0.2) is 0 Å². The molecule has 0 radical (unpaired) electrons. The first kappa shape index (κ1) is 13.4. The van der Waals surface area contributed by atoms with Crippen molar-refractivity contribution in [2.24, 2.45) is 5.41 Å². The van der Waals surface area contributed by atoms with E-state index in [1.54, 1.807) is 0 Å². The molecule has 1 aromatic rings. The predicted octanol–water partition coefficient (Wildman–Crippen LogP) is 4.44. The third-order valence-electron chi connectivity index (χ3n) is 4.98. The number of carbonyl (C=O) groups is 1. The summed E-state index contributed by atoms with van der Waals surface area (Å²) in [7, 11) is 0. The third-order valence-corrected chi connectivity index (χ3v) is 4.98. The molecule has 1 heterocycles. The Bertz CT molecular complexity index is 534. The van der Waals surface area contributed by atoms with Crippen LogP contribution in [0.2, 0.25) is 0 Å². The molecule has 3 rings (SSSR count). The van der Waals surface area contributed by atoms with E-state index in [1.165, 1.54) is 24.1 Å². The van der Waals surface area contributed by atoms with Crippen LogP contribution in [0.5, 0.6) is 0 Å². The number of likely N-dealkylation sites (tertiary alicyclic amines) is 1. The second-order valence-corrected chi connectivity index (χ2v) is 6.39. The number of piperidine rings is 1. The molecule has 2 heteroatoms. The maximum atomic E-state index is 12.5. The predicted molar refractivity (Wildman–Crippen MR) is 81.0 cm³/mol. The van der Waals surface area contributed by atoms with Gasteiger partial charge < -0.3 is 4.90 Å². The summed E-state index contributed by atoms with van der Waals surface area (Å²) in [6.07, 6.45) is 7.57. The summed E-state index contributed by atoms with van der Waals surface area (Å²) in [6, 6.07) is 10.5. The minimum atomic E-state index is 0.132. The van der Waals surface area contributed by atoms with Gasteiger partial charge in [-0.2, -0.15) is 0 Å². The fraction of sp³-hybridized carbons (Fsp3) is 0.500. The standard InChI is InChI=1S/C18H23NO/c1-14(15-8-4-3-5-9-15)19-16-10-6-7-12-18(16,2)13-11-17(19)20/h3-5,8-10,14H,6-7,11-13H2,1-2H3/t14-,18?/m0/s1. The van der Waals surface area contributed by atoms with Crippen molar-refractivity contribution in [2.45, 2.75) is 52.0 Å². The van der Waals surface area contributed by atoms with Crippen molar-refractivity contribution in [3.8, 4) is 0 Å². The van der Waals surface area contributed by atoms with E-state index in [4.69, 9.17) is 0 Å². The van der Waals surface area contributed by atoms with Gasteiger partial charge in [-0.3, -0.25) is 4.79 Å². The molecule has 1 fully saturated rings. The van der Waals surface area contributed by atoms with Crippen LogP contribution in [0, 0.1) is 5.41 Å². The van der Waals surface area contributed by atoms with Crippen LogP contribution in [-0.2, 0) is 4.79 Å². The van der Waals surface area contributed by atoms with Crippen molar-refractivity contribution >= 4 is 5.91 Å². The Morgan fingerprint density at radius 3 is 2.70 bits per heavy atom. The van der Waals surface area contributed by atoms with Gasteiger partial charge in [0, 0.05) is 17.5 Å². The molecule has 1 aromatic carbocycles. The number of hydrogen-bond donors (Lipinski definition) is 0. The van der Waals surface area contributed by atoms with E-state index in [0.29, 0.717) is 6.42 Å². The molecule has 0 bridgehead atoms. The largest absolute Gasteiger partial charge is 0.309 e. The molecule has 1 amide bonds. The lowest BCUT2D eigenvalue weighted by Crippen LogP contribution is -2.45. The molecule has 1 aliphatic carbocycles. The fourth-order valence-corrected chi connectivity index (χ4v) is 3.69. The van der Waals surface area contributed by atoms with Crippen molar-refractivity contribution in [2.75, 3.05) is 0 Å². The SMILES string of the molecule is C[C@@H](c1ccccc1)N1C(=O)CCC2(C)CCCC=C12. The Morgan fingerprint density at radius 2 is 1.95 bits per heavy atom. The number of carbonyl (C=O) groups excluding carboxylic acids is 1. The molecule has 0 N–H and O–H groups in total. The van der Waals surface area contributed by atoms with Gasteiger partial charge in [0.15, 0.2) is 0 Å². The molecular weight excluding hydrogens is 246 g/mol. The average Bonchev–Trinajstić information content (AvgIpc) is 2.48. The topological polar surface area (TPSA) is 20.3 Å². The molecule has 1 saturated heterocycles. The van der Waals surface area contributed by atoms with Crippen LogP contribution < -0.4 is 0 Å². The number of allylic oxidation sites excluding steroid dienone is 2.